The van der Waals surface area contributed by atoms with Gasteiger partial charge in [-0.15, -0.1) is 0 Å². The third-order valence-corrected chi connectivity index (χ3v) is 0.630. The molecule has 0 unspecified atom stereocenters. The molecule has 0 fully saturated rings. The summed E-state index contributed by atoms with van der Waals surface area (Å²) in [5, 5.41) is 7.06. The number of hydrogen-bond acceptors (Lipinski definition) is 6. The number of hydrogen-bond donors (Lipinski definition) is 2. The number of ether oxygens (including phenoxy) is 1. The first-order valence-corrected chi connectivity index (χ1v) is 4.34. The standard InChI is InChI=1S/C5H9O2.K.H2O5S/c1-5(2,3)7-4-6;;1-5-6(2,3)4/h1-3H3;;1H,(H,2,3,4)/q-1;+1;. The second-order valence-corrected chi connectivity index (χ2v) is 3.80. The molecule has 0 aliphatic rings. The largest absolute Gasteiger partial charge is 1.00 e. The van der Waals surface area contributed by atoms with Crippen molar-refractivity contribution in [3.63, 3.8) is 0 Å². The Balaban J connectivity index is -0.000000163. The molecule has 0 aliphatic carbocycles. The molecule has 0 radical (unpaired) electrons. The minimum atomic E-state index is -4.61. The van der Waals surface area contributed by atoms with Crippen LogP contribution in [0.3, 0.4) is 0 Å². The van der Waals surface area contributed by atoms with Crippen molar-refractivity contribution in [1.82, 2.24) is 0 Å². The average molecular weight is 254 g/mol. The molecule has 0 atom stereocenters. The Morgan fingerprint density at radius 2 is 1.57 bits per heavy atom. The van der Waals surface area contributed by atoms with E-state index in [2.05, 4.69) is 9.07 Å². The first-order valence-electron chi connectivity index (χ1n) is 2.98. The van der Waals surface area contributed by atoms with Crippen LogP contribution in [0, 0.1) is 0 Å². The van der Waals surface area contributed by atoms with Gasteiger partial charge in [-0.05, 0) is 20.8 Å². The van der Waals surface area contributed by atoms with Gasteiger partial charge in [0.15, 0.2) is 0 Å². The quantitative estimate of drug-likeness (QED) is 0.179. The van der Waals surface area contributed by atoms with Crippen LogP contribution >= 0.6 is 0 Å². The Kier molecular flexibility index (Phi) is 13.4. The van der Waals surface area contributed by atoms with Gasteiger partial charge >= 0.3 is 61.8 Å². The van der Waals surface area contributed by atoms with Crippen molar-refractivity contribution in [3.8, 4) is 0 Å². The van der Waals surface area contributed by atoms with Gasteiger partial charge in [0.1, 0.15) is 0 Å². The summed E-state index contributed by atoms with van der Waals surface area (Å²) < 4.78 is 32.4. The van der Waals surface area contributed by atoms with Crippen LogP contribution in [0.5, 0.6) is 0 Å². The molecule has 0 aromatic rings. The first-order chi connectivity index (χ1) is 5.62. The minimum absolute atomic E-state index is 0. The van der Waals surface area contributed by atoms with Crippen molar-refractivity contribution in [2.45, 2.75) is 26.4 Å². The average Bonchev–Trinajstić information content (AvgIpc) is 1.84. The van der Waals surface area contributed by atoms with Crippen molar-refractivity contribution in [2.75, 3.05) is 0 Å². The summed E-state index contributed by atoms with van der Waals surface area (Å²) in [5.74, 6) is 0. The molecule has 0 bridgehead atoms. The molecule has 9 heteroatoms. The molecule has 0 spiro atoms. The van der Waals surface area contributed by atoms with Gasteiger partial charge in [0.2, 0.25) is 0 Å². The summed E-state index contributed by atoms with van der Waals surface area (Å²) in [4.78, 5) is 9.47. The Hall–Kier alpha value is 0.936. The third-order valence-electron chi connectivity index (χ3n) is 0.442. The molecule has 0 saturated carbocycles. The molecule has 80 valence electrons. The Morgan fingerprint density at radius 1 is 1.29 bits per heavy atom. The SMILES string of the molecule is CC(C)(C)O[C-]=O.O=S(=O)(O)OO.[K+]. The van der Waals surface area contributed by atoms with Crippen LogP contribution in [0.15, 0.2) is 0 Å². The fourth-order valence-corrected chi connectivity index (χ4v) is 0.125. The smallest absolute Gasteiger partial charge is 0.649 e. The molecule has 0 aromatic carbocycles. The summed E-state index contributed by atoms with van der Waals surface area (Å²) in [7, 11) is -4.61. The van der Waals surface area contributed by atoms with Gasteiger partial charge in [-0.25, -0.2) is 5.26 Å². The van der Waals surface area contributed by atoms with E-state index in [-0.39, 0.29) is 57.0 Å². The van der Waals surface area contributed by atoms with Crippen LogP contribution in [0.1, 0.15) is 20.8 Å². The van der Waals surface area contributed by atoms with Gasteiger partial charge in [0, 0.05) is 0 Å². The van der Waals surface area contributed by atoms with E-state index in [0.29, 0.717) is 0 Å². The van der Waals surface area contributed by atoms with E-state index in [1.165, 1.54) is 6.47 Å². The van der Waals surface area contributed by atoms with Crippen molar-refractivity contribution < 1.29 is 83.5 Å². The van der Waals surface area contributed by atoms with Crippen LogP contribution in [-0.4, -0.2) is 30.3 Å². The van der Waals surface area contributed by atoms with Gasteiger partial charge in [-0.2, -0.15) is 8.42 Å². The van der Waals surface area contributed by atoms with E-state index in [0.717, 1.165) is 0 Å². The molecular formula is C5H11KO7S. The van der Waals surface area contributed by atoms with Crippen molar-refractivity contribution in [2.24, 2.45) is 0 Å². The summed E-state index contributed by atoms with van der Waals surface area (Å²) in [6.45, 7) is 6.73. The zero-order valence-corrected chi connectivity index (χ0v) is 12.3. The third kappa shape index (κ3) is 29.3. The van der Waals surface area contributed by atoms with E-state index in [1.54, 1.807) is 20.8 Å². The maximum absolute atomic E-state index is 9.47. The number of carbonyl (C=O) groups excluding carboxylic acids is 1. The molecule has 0 aromatic heterocycles. The van der Waals surface area contributed by atoms with Gasteiger partial charge < -0.3 is 9.53 Å². The van der Waals surface area contributed by atoms with Gasteiger partial charge in [0.25, 0.3) is 0 Å². The summed E-state index contributed by atoms with van der Waals surface area (Å²) in [5.41, 5.74) is -0.373. The first kappa shape index (κ1) is 20.4. The maximum Gasteiger partial charge on any atom is 1.00 e. The predicted molar refractivity (Wildman–Crippen MR) is 41.8 cm³/mol. The normalized spacial score (nSPS) is 10.4. The van der Waals surface area contributed by atoms with Gasteiger partial charge in [-0.3, -0.25) is 4.55 Å². The summed E-state index contributed by atoms with van der Waals surface area (Å²) >= 11 is 0. The predicted octanol–water partition coefficient (Wildman–Crippen LogP) is -2.85. The van der Waals surface area contributed by atoms with Gasteiger partial charge in [0.05, 0.1) is 5.60 Å². The molecular weight excluding hydrogens is 243 g/mol. The second kappa shape index (κ2) is 9.18. The number of rotatable bonds is 2. The Bertz CT molecular complexity index is 229. The Labute approximate surface area is 125 Å². The zero-order chi connectivity index (χ0) is 11.1. The fourth-order valence-electron chi connectivity index (χ4n) is 0.125. The maximum atomic E-state index is 9.47. The van der Waals surface area contributed by atoms with E-state index in [4.69, 9.17) is 18.2 Å². The fraction of sp³-hybridized carbons (Fsp3) is 0.800. The van der Waals surface area contributed by atoms with Crippen LogP contribution in [0.4, 0.5) is 0 Å². The minimum Gasteiger partial charge on any atom is -0.649 e. The zero-order valence-electron chi connectivity index (χ0n) is 8.34. The molecule has 0 heterocycles. The van der Waals surface area contributed by atoms with Crippen LogP contribution in [-0.2, 0) is 24.3 Å². The summed E-state index contributed by atoms with van der Waals surface area (Å²) in [6.07, 6.45) is 0. The van der Waals surface area contributed by atoms with Crippen molar-refractivity contribution in [1.29, 1.82) is 0 Å². The van der Waals surface area contributed by atoms with E-state index in [9.17, 15) is 4.79 Å². The van der Waals surface area contributed by atoms with E-state index < -0.39 is 10.4 Å². The summed E-state index contributed by atoms with van der Waals surface area (Å²) in [6, 6.07) is 0. The molecule has 0 aliphatic heterocycles. The molecule has 0 amide bonds. The Morgan fingerprint density at radius 3 is 1.57 bits per heavy atom. The van der Waals surface area contributed by atoms with Crippen LogP contribution in [0.2, 0.25) is 0 Å². The van der Waals surface area contributed by atoms with Crippen LogP contribution < -0.4 is 51.4 Å². The van der Waals surface area contributed by atoms with Crippen LogP contribution in [0.25, 0.3) is 0 Å². The van der Waals surface area contributed by atoms with Crippen molar-refractivity contribution in [3.05, 3.63) is 0 Å². The molecule has 0 rings (SSSR count). The monoisotopic (exact) mass is 254 g/mol. The van der Waals surface area contributed by atoms with Crippen molar-refractivity contribution >= 4 is 16.9 Å². The topological polar surface area (TPSA) is 110 Å². The molecule has 7 nitrogen and oxygen atoms in total. The molecule has 14 heavy (non-hydrogen) atoms. The van der Waals surface area contributed by atoms with E-state index >= 15 is 0 Å². The van der Waals surface area contributed by atoms with Gasteiger partial charge in [-0.1, -0.05) is 10.8 Å². The molecule has 0 saturated heterocycles. The second-order valence-electron chi connectivity index (χ2n) is 2.80. The van der Waals surface area contributed by atoms with E-state index in [1.807, 2.05) is 0 Å². The molecule has 2 N–H and O–H groups in total.